The molecule has 1 aromatic heterocycles. The van der Waals surface area contributed by atoms with E-state index in [0.29, 0.717) is 24.1 Å². The van der Waals surface area contributed by atoms with Crippen LogP contribution in [0.2, 0.25) is 0 Å². The van der Waals surface area contributed by atoms with Crippen molar-refractivity contribution >= 4 is 17.5 Å². The molecule has 0 saturated heterocycles. The van der Waals surface area contributed by atoms with Crippen LogP contribution in [-0.4, -0.2) is 28.5 Å². The maximum atomic E-state index is 11.6. The number of anilines is 2. The SMILES string of the molecule is CCNC(=O)C(C)Nc1cc(N)nc(C2CC2)n1. The summed E-state index contributed by atoms with van der Waals surface area (Å²) >= 11 is 0. The van der Waals surface area contributed by atoms with Gasteiger partial charge in [-0.15, -0.1) is 0 Å². The van der Waals surface area contributed by atoms with E-state index >= 15 is 0 Å². The number of aromatic nitrogens is 2. The lowest BCUT2D eigenvalue weighted by molar-refractivity contribution is -0.121. The predicted octanol–water partition coefficient (Wildman–Crippen LogP) is 0.873. The van der Waals surface area contributed by atoms with Crippen LogP contribution in [0.1, 0.15) is 38.4 Å². The van der Waals surface area contributed by atoms with Gasteiger partial charge in [0.25, 0.3) is 0 Å². The van der Waals surface area contributed by atoms with Crippen molar-refractivity contribution in [2.45, 2.75) is 38.6 Å². The number of rotatable bonds is 5. The lowest BCUT2D eigenvalue weighted by Crippen LogP contribution is -2.37. The van der Waals surface area contributed by atoms with Gasteiger partial charge in [-0.05, 0) is 26.7 Å². The summed E-state index contributed by atoms with van der Waals surface area (Å²) in [6.45, 7) is 4.29. The predicted molar refractivity (Wildman–Crippen MR) is 70.2 cm³/mol. The highest BCUT2D eigenvalue weighted by Gasteiger charge is 2.27. The molecule has 98 valence electrons. The molecule has 1 aliphatic rings. The Bertz CT molecular complexity index is 444. The Hall–Kier alpha value is -1.85. The number of nitrogens with one attached hydrogen (secondary N) is 2. The van der Waals surface area contributed by atoms with Gasteiger partial charge in [-0.2, -0.15) is 0 Å². The fourth-order valence-electron chi connectivity index (χ4n) is 1.70. The third-order valence-electron chi connectivity index (χ3n) is 2.81. The number of amides is 1. The minimum atomic E-state index is -0.341. The molecular weight excluding hydrogens is 230 g/mol. The van der Waals surface area contributed by atoms with Crippen molar-refractivity contribution in [3.05, 3.63) is 11.9 Å². The van der Waals surface area contributed by atoms with Crippen LogP contribution in [0.3, 0.4) is 0 Å². The summed E-state index contributed by atoms with van der Waals surface area (Å²) < 4.78 is 0. The van der Waals surface area contributed by atoms with Gasteiger partial charge in [-0.3, -0.25) is 4.79 Å². The second kappa shape index (κ2) is 5.20. The van der Waals surface area contributed by atoms with Gasteiger partial charge in [0.05, 0.1) is 0 Å². The van der Waals surface area contributed by atoms with Crippen molar-refractivity contribution in [3.8, 4) is 0 Å². The molecule has 0 aromatic carbocycles. The first-order valence-corrected chi connectivity index (χ1v) is 6.29. The molecule has 0 aliphatic heterocycles. The highest BCUT2D eigenvalue weighted by atomic mass is 16.2. The Morgan fingerprint density at radius 2 is 2.28 bits per heavy atom. The smallest absolute Gasteiger partial charge is 0.242 e. The summed E-state index contributed by atoms with van der Waals surface area (Å²) in [5.41, 5.74) is 5.74. The lowest BCUT2D eigenvalue weighted by atomic mass is 10.3. The van der Waals surface area contributed by atoms with E-state index in [4.69, 9.17) is 5.73 Å². The molecule has 2 rings (SSSR count). The molecule has 0 spiro atoms. The maximum absolute atomic E-state index is 11.6. The summed E-state index contributed by atoms with van der Waals surface area (Å²) in [5.74, 6) is 2.22. The summed E-state index contributed by atoms with van der Waals surface area (Å²) in [6, 6.07) is 1.31. The molecule has 6 heteroatoms. The first-order valence-electron chi connectivity index (χ1n) is 6.29. The molecule has 6 nitrogen and oxygen atoms in total. The Balaban J connectivity index is 2.06. The van der Waals surface area contributed by atoms with Gasteiger partial charge >= 0.3 is 0 Å². The van der Waals surface area contributed by atoms with E-state index in [9.17, 15) is 4.79 Å². The van der Waals surface area contributed by atoms with Crippen molar-refractivity contribution < 1.29 is 4.79 Å². The van der Waals surface area contributed by atoms with Crippen LogP contribution < -0.4 is 16.4 Å². The molecule has 1 heterocycles. The Kier molecular flexibility index (Phi) is 3.64. The number of nitrogen functional groups attached to an aromatic ring is 1. The number of nitrogens with zero attached hydrogens (tertiary/aromatic N) is 2. The Labute approximate surface area is 106 Å². The Morgan fingerprint density at radius 1 is 1.56 bits per heavy atom. The van der Waals surface area contributed by atoms with Crippen molar-refractivity contribution in [2.75, 3.05) is 17.6 Å². The average molecular weight is 249 g/mol. The van der Waals surface area contributed by atoms with E-state index in [-0.39, 0.29) is 11.9 Å². The third-order valence-corrected chi connectivity index (χ3v) is 2.81. The molecule has 1 aromatic rings. The molecule has 1 saturated carbocycles. The van der Waals surface area contributed by atoms with E-state index < -0.39 is 0 Å². The van der Waals surface area contributed by atoms with Crippen LogP contribution in [0.4, 0.5) is 11.6 Å². The average Bonchev–Trinajstić information content (AvgIpc) is 3.12. The number of carbonyl (C=O) groups is 1. The van der Waals surface area contributed by atoms with Gasteiger partial charge in [0.1, 0.15) is 23.5 Å². The number of hydrogen-bond acceptors (Lipinski definition) is 5. The molecule has 1 aliphatic carbocycles. The minimum Gasteiger partial charge on any atom is -0.384 e. The number of likely N-dealkylation sites (N-methyl/N-ethyl adjacent to an activating group) is 1. The van der Waals surface area contributed by atoms with Gasteiger partial charge in [0, 0.05) is 18.5 Å². The van der Waals surface area contributed by atoms with Crippen molar-refractivity contribution in [1.82, 2.24) is 15.3 Å². The van der Waals surface area contributed by atoms with Crippen LogP contribution in [0, 0.1) is 0 Å². The maximum Gasteiger partial charge on any atom is 0.242 e. The molecular formula is C12H19N5O. The van der Waals surface area contributed by atoms with Crippen molar-refractivity contribution in [3.63, 3.8) is 0 Å². The van der Waals surface area contributed by atoms with E-state index in [0.717, 1.165) is 18.7 Å². The minimum absolute atomic E-state index is 0.0531. The molecule has 1 atom stereocenters. The first-order chi connectivity index (χ1) is 8.60. The van der Waals surface area contributed by atoms with Crippen LogP contribution in [0.15, 0.2) is 6.07 Å². The van der Waals surface area contributed by atoms with E-state index in [2.05, 4.69) is 20.6 Å². The van der Waals surface area contributed by atoms with E-state index in [1.807, 2.05) is 6.92 Å². The number of carbonyl (C=O) groups excluding carboxylic acids is 1. The van der Waals surface area contributed by atoms with Crippen molar-refractivity contribution in [2.24, 2.45) is 0 Å². The van der Waals surface area contributed by atoms with E-state index in [1.54, 1.807) is 13.0 Å². The zero-order chi connectivity index (χ0) is 13.1. The van der Waals surface area contributed by atoms with Crippen LogP contribution in [-0.2, 0) is 4.79 Å². The van der Waals surface area contributed by atoms with Crippen LogP contribution in [0.5, 0.6) is 0 Å². The summed E-state index contributed by atoms with van der Waals surface area (Å²) in [7, 11) is 0. The topological polar surface area (TPSA) is 92.9 Å². The molecule has 4 N–H and O–H groups in total. The molecule has 0 radical (unpaired) electrons. The summed E-state index contributed by atoms with van der Waals surface area (Å²) in [5, 5.41) is 5.80. The highest BCUT2D eigenvalue weighted by molar-refractivity contribution is 5.83. The van der Waals surface area contributed by atoms with Gasteiger partial charge < -0.3 is 16.4 Å². The number of nitrogens with two attached hydrogens (primary N) is 1. The van der Waals surface area contributed by atoms with Gasteiger partial charge in [-0.1, -0.05) is 0 Å². The fourth-order valence-corrected chi connectivity index (χ4v) is 1.70. The highest BCUT2D eigenvalue weighted by Crippen LogP contribution is 2.38. The molecule has 18 heavy (non-hydrogen) atoms. The Morgan fingerprint density at radius 3 is 2.89 bits per heavy atom. The molecule has 0 bridgehead atoms. The molecule has 1 fully saturated rings. The van der Waals surface area contributed by atoms with Gasteiger partial charge in [0.2, 0.25) is 5.91 Å². The fraction of sp³-hybridized carbons (Fsp3) is 0.583. The van der Waals surface area contributed by atoms with Gasteiger partial charge in [-0.25, -0.2) is 9.97 Å². The van der Waals surface area contributed by atoms with Gasteiger partial charge in [0.15, 0.2) is 0 Å². The quantitative estimate of drug-likeness (QED) is 0.720. The zero-order valence-electron chi connectivity index (χ0n) is 10.7. The van der Waals surface area contributed by atoms with E-state index in [1.165, 1.54) is 0 Å². The molecule has 1 unspecified atom stereocenters. The third kappa shape index (κ3) is 3.09. The number of hydrogen-bond donors (Lipinski definition) is 3. The first kappa shape index (κ1) is 12.6. The summed E-state index contributed by atoms with van der Waals surface area (Å²) in [6.07, 6.45) is 2.24. The zero-order valence-corrected chi connectivity index (χ0v) is 10.7. The standard InChI is InChI=1S/C12H19N5O/c1-3-14-12(18)7(2)15-10-6-9(13)16-11(17-10)8-4-5-8/h6-8H,3-5H2,1-2H3,(H,14,18)(H3,13,15,16,17). The monoisotopic (exact) mass is 249 g/mol. The molecule has 1 amide bonds. The summed E-state index contributed by atoms with van der Waals surface area (Å²) in [4.78, 5) is 20.2. The van der Waals surface area contributed by atoms with Crippen molar-refractivity contribution in [1.29, 1.82) is 0 Å². The normalized spacial score (nSPS) is 16.1. The second-order valence-electron chi connectivity index (χ2n) is 4.57. The lowest BCUT2D eigenvalue weighted by Gasteiger charge is -2.14. The van der Waals surface area contributed by atoms with Crippen LogP contribution in [0.25, 0.3) is 0 Å². The second-order valence-corrected chi connectivity index (χ2v) is 4.57. The van der Waals surface area contributed by atoms with Crippen LogP contribution >= 0.6 is 0 Å². The largest absolute Gasteiger partial charge is 0.384 e.